The van der Waals surface area contributed by atoms with Crippen LogP contribution in [0.5, 0.6) is 5.75 Å². The van der Waals surface area contributed by atoms with Crippen LogP contribution in [0.4, 0.5) is 16.2 Å². The van der Waals surface area contributed by atoms with Crippen molar-refractivity contribution in [3.8, 4) is 5.75 Å². The lowest BCUT2D eigenvalue weighted by Crippen LogP contribution is -2.48. The minimum atomic E-state index is -3.73. The number of carbonyl (C=O) groups is 2. The number of benzene rings is 3. The molecule has 0 fully saturated rings. The molecule has 0 saturated carbocycles. The number of nitrogens with zero attached hydrogens (tertiary/aromatic N) is 2. The molecular weight excluding hydrogens is 601 g/mol. The van der Waals surface area contributed by atoms with Crippen molar-refractivity contribution in [3.05, 3.63) is 83.7 Å². The first-order chi connectivity index (χ1) is 21.1. The monoisotopic (exact) mass is 636 g/mol. The summed E-state index contributed by atoms with van der Waals surface area (Å²) in [6.07, 6.45) is -0.635. The molecule has 2 heterocycles. The maximum absolute atomic E-state index is 13.5. The summed E-state index contributed by atoms with van der Waals surface area (Å²) in [4.78, 5) is 28.1. The summed E-state index contributed by atoms with van der Waals surface area (Å²) >= 11 is 1.14. The molecule has 12 heteroatoms. The molecule has 1 aliphatic heterocycles. The van der Waals surface area contributed by atoms with Crippen molar-refractivity contribution >= 4 is 55.4 Å². The van der Waals surface area contributed by atoms with E-state index < -0.39 is 28.2 Å². The van der Waals surface area contributed by atoms with Crippen LogP contribution in [-0.2, 0) is 21.2 Å². The fourth-order valence-corrected chi connectivity index (χ4v) is 7.64. The number of fused-ring (bicyclic) bond motifs is 2. The number of urea groups is 1. The third-order valence-electron chi connectivity index (χ3n) is 7.81. The Balaban J connectivity index is 1.41. The molecule has 0 radical (unpaired) electrons. The zero-order chi connectivity index (χ0) is 31.4. The molecule has 0 saturated heterocycles. The minimum absolute atomic E-state index is 0.0249. The lowest BCUT2D eigenvalue weighted by Gasteiger charge is -2.33. The summed E-state index contributed by atoms with van der Waals surface area (Å²) in [6.45, 7) is 3.76. The Bertz CT molecular complexity index is 1740. The molecule has 1 aliphatic rings. The Morgan fingerprint density at radius 3 is 2.64 bits per heavy atom. The second kappa shape index (κ2) is 13.3. The van der Waals surface area contributed by atoms with Gasteiger partial charge in [-0.1, -0.05) is 49.4 Å². The van der Waals surface area contributed by atoms with E-state index in [1.807, 2.05) is 49.4 Å². The van der Waals surface area contributed by atoms with Crippen molar-refractivity contribution in [2.45, 2.75) is 36.6 Å². The van der Waals surface area contributed by atoms with Gasteiger partial charge in [0.1, 0.15) is 16.1 Å². The molecule has 0 spiro atoms. The Labute approximate surface area is 261 Å². The second-order valence-corrected chi connectivity index (χ2v) is 14.3. The average molecular weight is 637 g/mol. The van der Waals surface area contributed by atoms with Gasteiger partial charge < -0.3 is 25.4 Å². The summed E-state index contributed by atoms with van der Waals surface area (Å²) < 4.78 is 34.4. The van der Waals surface area contributed by atoms with Gasteiger partial charge in [-0.15, -0.1) is 11.3 Å². The Morgan fingerprint density at radius 1 is 1.11 bits per heavy atom. The third-order valence-corrected chi connectivity index (χ3v) is 11.0. The number of anilines is 2. The first-order valence-corrected chi connectivity index (χ1v) is 16.6. The van der Waals surface area contributed by atoms with Crippen LogP contribution in [-0.4, -0.2) is 73.6 Å². The molecule has 3 N–H and O–H groups in total. The molecule has 0 unspecified atom stereocenters. The van der Waals surface area contributed by atoms with Crippen molar-refractivity contribution in [2.75, 3.05) is 37.4 Å². The first-order valence-electron chi connectivity index (χ1n) is 14.3. The molecule has 1 aromatic heterocycles. The number of nitrogens with one attached hydrogen (secondary N) is 2. The van der Waals surface area contributed by atoms with Gasteiger partial charge in [0.15, 0.2) is 0 Å². The summed E-state index contributed by atoms with van der Waals surface area (Å²) in [5.74, 6) is -0.0550. The van der Waals surface area contributed by atoms with E-state index in [0.29, 0.717) is 22.7 Å². The third kappa shape index (κ3) is 6.88. The topological polar surface area (TPSA) is 128 Å². The van der Waals surface area contributed by atoms with Gasteiger partial charge in [0.05, 0.1) is 31.3 Å². The molecule has 232 valence electrons. The molecule has 44 heavy (non-hydrogen) atoms. The van der Waals surface area contributed by atoms with Gasteiger partial charge in [-0.2, -0.15) is 4.31 Å². The lowest BCUT2D eigenvalue weighted by molar-refractivity contribution is -0.134. The number of ether oxygens (including phenoxy) is 1. The minimum Gasteiger partial charge on any atom is -0.488 e. The number of sulfonamides is 1. The summed E-state index contributed by atoms with van der Waals surface area (Å²) in [5, 5.41) is 19.3. The number of amides is 3. The molecular formula is C32H36N4O6S2. The van der Waals surface area contributed by atoms with E-state index in [9.17, 15) is 23.1 Å². The maximum Gasteiger partial charge on any atom is 0.323 e. The average Bonchev–Trinajstić information content (AvgIpc) is 3.57. The summed E-state index contributed by atoms with van der Waals surface area (Å²) in [7, 11) is -2.22. The number of rotatable bonds is 8. The highest BCUT2D eigenvalue weighted by Gasteiger charge is 2.33. The van der Waals surface area contributed by atoms with Gasteiger partial charge in [-0.05, 0) is 48.0 Å². The number of thiophene rings is 1. The predicted molar refractivity (Wildman–Crippen MR) is 173 cm³/mol. The maximum atomic E-state index is 13.5. The van der Waals surface area contributed by atoms with Gasteiger partial charge in [-0.25, -0.2) is 13.2 Å². The number of hydrogen-bond acceptors (Lipinski definition) is 7. The molecule has 0 aliphatic carbocycles. The van der Waals surface area contributed by atoms with E-state index in [1.165, 1.54) is 11.4 Å². The van der Waals surface area contributed by atoms with E-state index in [0.717, 1.165) is 22.1 Å². The van der Waals surface area contributed by atoms with Crippen LogP contribution in [0.1, 0.15) is 19.4 Å². The zero-order valence-corrected chi connectivity index (χ0v) is 26.4. The quantitative estimate of drug-likeness (QED) is 0.249. The lowest BCUT2D eigenvalue weighted by atomic mass is 10.0. The highest BCUT2D eigenvalue weighted by Crippen LogP contribution is 2.31. The van der Waals surface area contributed by atoms with Gasteiger partial charge >= 0.3 is 6.03 Å². The van der Waals surface area contributed by atoms with Crippen molar-refractivity contribution in [2.24, 2.45) is 5.92 Å². The van der Waals surface area contributed by atoms with Crippen molar-refractivity contribution in [3.63, 3.8) is 0 Å². The number of carbonyl (C=O) groups excluding carboxylic acids is 2. The first kappa shape index (κ1) is 31.5. The van der Waals surface area contributed by atoms with Crippen LogP contribution in [0.3, 0.4) is 0 Å². The Kier molecular flexibility index (Phi) is 9.54. The van der Waals surface area contributed by atoms with Crippen LogP contribution in [0, 0.1) is 5.92 Å². The smallest absolute Gasteiger partial charge is 0.323 e. The zero-order valence-electron chi connectivity index (χ0n) is 24.8. The second-order valence-electron chi connectivity index (χ2n) is 11.0. The van der Waals surface area contributed by atoms with Gasteiger partial charge in [0.2, 0.25) is 5.91 Å². The summed E-state index contributed by atoms with van der Waals surface area (Å²) in [6, 6.07) is 20.8. The van der Waals surface area contributed by atoms with Crippen LogP contribution >= 0.6 is 11.3 Å². The molecule has 3 aromatic carbocycles. The van der Waals surface area contributed by atoms with Crippen molar-refractivity contribution in [1.82, 2.24) is 9.21 Å². The van der Waals surface area contributed by atoms with E-state index in [2.05, 4.69) is 10.6 Å². The van der Waals surface area contributed by atoms with Crippen LogP contribution in [0.2, 0.25) is 0 Å². The number of hydrogen-bond donors (Lipinski definition) is 3. The molecule has 3 atom stereocenters. The highest BCUT2D eigenvalue weighted by molar-refractivity contribution is 7.91. The Hall–Kier alpha value is -3.97. The van der Waals surface area contributed by atoms with Gasteiger partial charge in [0, 0.05) is 36.1 Å². The molecule has 4 aromatic rings. The van der Waals surface area contributed by atoms with Crippen LogP contribution in [0.15, 0.2) is 82.4 Å². The van der Waals surface area contributed by atoms with Crippen LogP contribution < -0.4 is 15.4 Å². The number of aliphatic hydroxyl groups is 1. The van der Waals surface area contributed by atoms with E-state index in [4.69, 9.17) is 4.74 Å². The molecule has 3 amide bonds. The fraction of sp³-hybridized carbons (Fsp3) is 0.312. The van der Waals surface area contributed by atoms with Crippen molar-refractivity contribution in [1.29, 1.82) is 0 Å². The highest BCUT2D eigenvalue weighted by atomic mass is 32.2. The number of aliphatic hydroxyl groups excluding tert-OH is 1. The van der Waals surface area contributed by atoms with Gasteiger partial charge in [-0.3, -0.25) is 4.79 Å². The molecule has 5 rings (SSSR count). The van der Waals surface area contributed by atoms with E-state index in [-0.39, 0.29) is 42.2 Å². The molecule has 0 bridgehead atoms. The summed E-state index contributed by atoms with van der Waals surface area (Å²) in [5.41, 5.74) is 1.66. The molecule has 10 nitrogen and oxygen atoms in total. The normalized spacial score (nSPS) is 18.1. The SMILES string of the molecule is C[C@H](CO)N1C[C@H](C)[C@H](CN(C)S(=O)(=O)c2cccs2)Oc2ccc(NC(=O)Nc3cccc4ccccc34)cc2CC1=O. The number of likely N-dealkylation sites (N-methyl/N-ethyl adjacent to an activating group) is 1. The van der Waals surface area contributed by atoms with E-state index >= 15 is 0 Å². The Morgan fingerprint density at radius 2 is 1.89 bits per heavy atom. The van der Waals surface area contributed by atoms with Crippen LogP contribution in [0.25, 0.3) is 10.8 Å². The van der Waals surface area contributed by atoms with Gasteiger partial charge in [0.25, 0.3) is 10.0 Å². The largest absolute Gasteiger partial charge is 0.488 e. The van der Waals surface area contributed by atoms with Crippen molar-refractivity contribution < 1.29 is 27.9 Å². The standard InChI is InChI=1S/C32H36N4O6S2/c1-21-18-36(22(2)20-37)30(38)17-24-16-25(33-32(39)34-27-11-6-9-23-8-4-5-10-26(23)27)13-14-28(24)42-29(21)19-35(3)44(40,41)31-12-7-15-43-31/h4-16,21-22,29,37H,17-20H2,1-3H3,(H2,33,34,39)/t21-,22+,29-/m0/s1. The predicted octanol–water partition coefficient (Wildman–Crippen LogP) is 5.02. The van der Waals surface area contributed by atoms with E-state index in [1.54, 1.807) is 47.5 Å². The fourth-order valence-electron chi connectivity index (χ4n) is 5.26.